The van der Waals surface area contributed by atoms with Crippen LogP contribution >= 0.6 is 12.4 Å². The van der Waals surface area contributed by atoms with Gasteiger partial charge in [-0.25, -0.2) is 0 Å². The van der Waals surface area contributed by atoms with Gasteiger partial charge in [-0.2, -0.15) is 0 Å². The third kappa shape index (κ3) is 2.55. The Labute approximate surface area is 120 Å². The molecule has 104 valence electrons. The molecule has 0 radical (unpaired) electrons. The first-order chi connectivity index (χ1) is 8.77. The molecule has 1 aromatic rings. The highest BCUT2D eigenvalue weighted by Crippen LogP contribution is 2.32. The number of para-hydroxylation sites is 2. The number of hydrogen-bond donors (Lipinski definition) is 1. The van der Waals surface area contributed by atoms with Gasteiger partial charge in [0.05, 0.1) is 17.3 Å². The summed E-state index contributed by atoms with van der Waals surface area (Å²) in [4.78, 5) is 16.7. The Morgan fingerprint density at radius 2 is 1.89 bits per heavy atom. The smallest absolute Gasteiger partial charge is 0.232 e. The largest absolute Gasteiger partial charge is 0.373 e. The van der Waals surface area contributed by atoms with E-state index < -0.39 is 0 Å². The minimum Gasteiger partial charge on any atom is -0.373 e. The van der Waals surface area contributed by atoms with E-state index in [2.05, 4.69) is 29.4 Å². The summed E-state index contributed by atoms with van der Waals surface area (Å²) in [6, 6.07) is 8.20. The molecule has 0 aromatic heterocycles. The SMILES string of the molecule is CN1CCCN(C(=O)C2CNC2)c2ccccc21.Cl. The number of hydrogen-bond acceptors (Lipinski definition) is 3. The van der Waals surface area contributed by atoms with Crippen LogP contribution in [0.3, 0.4) is 0 Å². The Bertz CT molecular complexity index is 462. The van der Waals surface area contributed by atoms with E-state index in [1.54, 1.807) is 0 Å². The van der Waals surface area contributed by atoms with Crippen molar-refractivity contribution in [2.24, 2.45) is 5.92 Å². The van der Waals surface area contributed by atoms with Crippen LogP contribution in [-0.2, 0) is 4.79 Å². The number of halogens is 1. The van der Waals surface area contributed by atoms with E-state index in [1.807, 2.05) is 17.0 Å². The van der Waals surface area contributed by atoms with Gasteiger partial charge in [0.1, 0.15) is 0 Å². The standard InChI is InChI=1S/C14H19N3O.ClH/c1-16-7-4-8-17(14(18)11-9-15-10-11)13-6-3-2-5-12(13)16;/h2-3,5-6,11,15H,4,7-10H2,1H3;1H. The Morgan fingerprint density at radius 1 is 1.21 bits per heavy atom. The Morgan fingerprint density at radius 3 is 2.53 bits per heavy atom. The average Bonchev–Trinajstić information content (AvgIpc) is 2.47. The maximum atomic E-state index is 12.5. The lowest BCUT2D eigenvalue weighted by Gasteiger charge is -2.32. The highest BCUT2D eigenvalue weighted by atomic mass is 35.5. The zero-order valence-corrected chi connectivity index (χ0v) is 11.9. The topological polar surface area (TPSA) is 35.6 Å². The maximum Gasteiger partial charge on any atom is 0.232 e. The number of amides is 1. The number of nitrogens with zero attached hydrogens (tertiary/aromatic N) is 2. The van der Waals surface area contributed by atoms with Crippen molar-refractivity contribution in [1.29, 1.82) is 0 Å². The molecular formula is C14H20ClN3O. The van der Waals surface area contributed by atoms with Crippen LogP contribution in [-0.4, -0.2) is 39.1 Å². The minimum atomic E-state index is 0. The summed E-state index contributed by atoms with van der Waals surface area (Å²) in [5, 5.41) is 3.17. The highest BCUT2D eigenvalue weighted by molar-refractivity contribution is 5.99. The number of rotatable bonds is 1. The molecular weight excluding hydrogens is 262 g/mol. The predicted octanol–water partition coefficient (Wildman–Crippen LogP) is 1.50. The predicted molar refractivity (Wildman–Crippen MR) is 80.3 cm³/mol. The third-order valence-corrected chi connectivity index (χ3v) is 3.86. The molecule has 0 unspecified atom stereocenters. The van der Waals surface area contributed by atoms with Crippen molar-refractivity contribution in [3.8, 4) is 0 Å². The van der Waals surface area contributed by atoms with E-state index in [-0.39, 0.29) is 24.2 Å². The van der Waals surface area contributed by atoms with Gasteiger partial charge < -0.3 is 15.1 Å². The second kappa shape index (κ2) is 5.80. The summed E-state index contributed by atoms with van der Waals surface area (Å²) in [5.74, 6) is 0.443. The van der Waals surface area contributed by atoms with Crippen LogP contribution in [0.1, 0.15) is 6.42 Å². The minimum absolute atomic E-state index is 0. The fraction of sp³-hybridized carbons (Fsp3) is 0.500. The van der Waals surface area contributed by atoms with E-state index in [1.165, 1.54) is 0 Å². The molecule has 0 saturated carbocycles. The molecule has 3 rings (SSSR count). The molecule has 1 fully saturated rings. The average molecular weight is 282 g/mol. The van der Waals surface area contributed by atoms with Gasteiger partial charge in [-0.15, -0.1) is 12.4 Å². The number of nitrogens with one attached hydrogen (secondary N) is 1. The second-order valence-electron chi connectivity index (χ2n) is 5.11. The van der Waals surface area contributed by atoms with Crippen molar-refractivity contribution in [3.05, 3.63) is 24.3 Å². The summed E-state index contributed by atoms with van der Waals surface area (Å²) in [7, 11) is 2.09. The molecule has 0 aliphatic carbocycles. The normalized spacial score (nSPS) is 19.0. The first-order valence-electron chi connectivity index (χ1n) is 6.59. The molecule has 5 heteroatoms. The summed E-state index contributed by atoms with van der Waals surface area (Å²) in [6.45, 7) is 3.49. The van der Waals surface area contributed by atoms with E-state index in [4.69, 9.17) is 0 Å². The Kier molecular flexibility index (Phi) is 4.32. The van der Waals surface area contributed by atoms with Gasteiger partial charge >= 0.3 is 0 Å². The Balaban J connectivity index is 0.00000133. The van der Waals surface area contributed by atoms with E-state index >= 15 is 0 Å². The summed E-state index contributed by atoms with van der Waals surface area (Å²) in [6.07, 6.45) is 1.02. The molecule has 1 N–H and O–H groups in total. The number of fused-ring (bicyclic) bond motifs is 1. The van der Waals surface area contributed by atoms with Crippen molar-refractivity contribution in [3.63, 3.8) is 0 Å². The lowest BCUT2D eigenvalue weighted by Crippen LogP contribution is -2.52. The number of anilines is 2. The summed E-state index contributed by atoms with van der Waals surface area (Å²) in [5.41, 5.74) is 2.23. The lowest BCUT2D eigenvalue weighted by atomic mass is 10.0. The van der Waals surface area contributed by atoms with Gasteiger partial charge in [-0.05, 0) is 18.6 Å². The Hall–Kier alpha value is -1.26. The van der Waals surface area contributed by atoms with Crippen LogP contribution in [0.15, 0.2) is 24.3 Å². The fourth-order valence-corrected chi connectivity index (χ4v) is 2.63. The first kappa shape index (κ1) is 14.2. The van der Waals surface area contributed by atoms with Crippen LogP contribution in [0.5, 0.6) is 0 Å². The van der Waals surface area contributed by atoms with Gasteiger partial charge in [-0.1, -0.05) is 12.1 Å². The van der Waals surface area contributed by atoms with Gasteiger partial charge in [0, 0.05) is 33.2 Å². The summed E-state index contributed by atoms with van der Waals surface area (Å²) < 4.78 is 0. The molecule has 2 aliphatic rings. The molecule has 1 amide bonds. The molecule has 1 saturated heterocycles. The third-order valence-electron chi connectivity index (χ3n) is 3.86. The van der Waals surface area contributed by atoms with Gasteiger partial charge in [0.15, 0.2) is 0 Å². The lowest BCUT2D eigenvalue weighted by molar-refractivity contribution is -0.123. The summed E-state index contributed by atoms with van der Waals surface area (Å²) >= 11 is 0. The van der Waals surface area contributed by atoms with Crippen LogP contribution in [0.2, 0.25) is 0 Å². The van der Waals surface area contributed by atoms with Gasteiger partial charge in [0.2, 0.25) is 5.91 Å². The van der Waals surface area contributed by atoms with Crippen molar-refractivity contribution < 1.29 is 4.79 Å². The van der Waals surface area contributed by atoms with E-state index in [0.29, 0.717) is 0 Å². The van der Waals surface area contributed by atoms with Crippen molar-refractivity contribution in [1.82, 2.24) is 5.32 Å². The van der Waals surface area contributed by atoms with Crippen LogP contribution in [0.25, 0.3) is 0 Å². The first-order valence-corrected chi connectivity index (χ1v) is 6.59. The molecule has 19 heavy (non-hydrogen) atoms. The van der Waals surface area contributed by atoms with Crippen LogP contribution < -0.4 is 15.1 Å². The monoisotopic (exact) mass is 281 g/mol. The molecule has 0 bridgehead atoms. The van der Waals surface area contributed by atoms with Gasteiger partial charge in [-0.3, -0.25) is 4.79 Å². The van der Waals surface area contributed by atoms with Gasteiger partial charge in [0.25, 0.3) is 0 Å². The zero-order chi connectivity index (χ0) is 12.5. The highest BCUT2D eigenvalue weighted by Gasteiger charge is 2.32. The van der Waals surface area contributed by atoms with E-state index in [9.17, 15) is 4.79 Å². The number of carbonyl (C=O) groups excluding carboxylic acids is 1. The maximum absolute atomic E-state index is 12.5. The van der Waals surface area contributed by atoms with Crippen molar-refractivity contribution in [2.75, 3.05) is 43.0 Å². The quantitative estimate of drug-likeness (QED) is 0.847. The molecule has 1 aromatic carbocycles. The van der Waals surface area contributed by atoms with Crippen LogP contribution in [0, 0.1) is 5.92 Å². The second-order valence-corrected chi connectivity index (χ2v) is 5.11. The fourth-order valence-electron chi connectivity index (χ4n) is 2.63. The zero-order valence-electron chi connectivity index (χ0n) is 11.1. The van der Waals surface area contributed by atoms with Crippen molar-refractivity contribution in [2.45, 2.75) is 6.42 Å². The number of benzene rings is 1. The molecule has 2 heterocycles. The molecule has 0 spiro atoms. The van der Waals surface area contributed by atoms with E-state index in [0.717, 1.165) is 44.0 Å². The van der Waals surface area contributed by atoms with Crippen molar-refractivity contribution >= 4 is 29.7 Å². The molecule has 0 atom stereocenters. The van der Waals surface area contributed by atoms with Crippen LogP contribution in [0.4, 0.5) is 11.4 Å². The molecule has 4 nitrogen and oxygen atoms in total. The molecule has 2 aliphatic heterocycles. The number of carbonyl (C=O) groups is 1.